The van der Waals surface area contributed by atoms with Gasteiger partial charge in [0.05, 0.1) is 0 Å². The summed E-state index contributed by atoms with van der Waals surface area (Å²) in [7, 11) is 0. The van der Waals surface area contributed by atoms with E-state index in [1.54, 1.807) is 6.20 Å². The zero-order valence-electron chi connectivity index (χ0n) is 14.4. The van der Waals surface area contributed by atoms with E-state index in [1.807, 2.05) is 24.3 Å². The number of nitrogens with one attached hydrogen (secondary N) is 1. The summed E-state index contributed by atoms with van der Waals surface area (Å²) in [6.07, 6.45) is 6.31. The number of anilines is 1. The van der Waals surface area contributed by atoms with Gasteiger partial charge in [0.25, 0.3) is 0 Å². The van der Waals surface area contributed by atoms with Crippen molar-refractivity contribution in [2.75, 3.05) is 18.4 Å². The number of aliphatic carboxylic acids is 1. The first-order valence-electron chi connectivity index (χ1n) is 8.69. The molecule has 1 aromatic carbocycles. The molecule has 1 saturated heterocycles. The molecule has 26 heavy (non-hydrogen) atoms. The van der Waals surface area contributed by atoms with Crippen LogP contribution in [-0.2, 0) is 11.3 Å². The van der Waals surface area contributed by atoms with Crippen molar-refractivity contribution in [2.45, 2.75) is 25.4 Å². The van der Waals surface area contributed by atoms with Crippen LogP contribution in [0, 0.1) is 5.82 Å². The van der Waals surface area contributed by atoms with Crippen molar-refractivity contribution in [2.24, 2.45) is 0 Å². The lowest BCUT2D eigenvalue weighted by molar-refractivity contribution is -0.131. The van der Waals surface area contributed by atoms with Crippen LogP contribution in [0.15, 0.2) is 48.7 Å². The highest BCUT2D eigenvalue weighted by Gasteiger charge is 2.19. The van der Waals surface area contributed by atoms with Crippen molar-refractivity contribution in [3.05, 3.63) is 65.6 Å². The highest BCUT2D eigenvalue weighted by molar-refractivity contribution is 5.85. The lowest BCUT2D eigenvalue weighted by Crippen LogP contribution is -2.38. The number of nitrogens with zero attached hydrogens (tertiary/aromatic N) is 2. The quantitative estimate of drug-likeness (QED) is 0.778. The van der Waals surface area contributed by atoms with E-state index in [2.05, 4.69) is 15.2 Å². The molecule has 2 N–H and O–H groups in total. The zero-order valence-corrected chi connectivity index (χ0v) is 14.4. The molecule has 0 radical (unpaired) electrons. The number of rotatable bonds is 6. The molecule has 0 spiro atoms. The number of halogens is 1. The number of aromatic nitrogens is 1. The highest BCUT2D eigenvalue weighted by Crippen LogP contribution is 2.18. The normalized spacial score (nSPS) is 16.0. The Morgan fingerprint density at radius 1 is 1.23 bits per heavy atom. The molecule has 1 aliphatic heterocycles. The van der Waals surface area contributed by atoms with E-state index >= 15 is 0 Å². The van der Waals surface area contributed by atoms with Gasteiger partial charge in [-0.25, -0.2) is 14.2 Å². The minimum atomic E-state index is -0.973. The molecular formula is C20H22FN3O2. The van der Waals surface area contributed by atoms with E-state index in [1.165, 1.54) is 18.2 Å². The first kappa shape index (κ1) is 18.1. The number of carboxylic acids is 1. The minimum Gasteiger partial charge on any atom is -0.478 e. The highest BCUT2D eigenvalue weighted by atomic mass is 19.1. The molecule has 5 nitrogen and oxygen atoms in total. The van der Waals surface area contributed by atoms with Gasteiger partial charge < -0.3 is 10.4 Å². The summed E-state index contributed by atoms with van der Waals surface area (Å²) in [5.41, 5.74) is 1.89. The third-order valence-corrected chi connectivity index (χ3v) is 4.46. The maximum Gasteiger partial charge on any atom is 0.328 e. The van der Waals surface area contributed by atoms with Crippen molar-refractivity contribution in [3.8, 4) is 0 Å². The largest absolute Gasteiger partial charge is 0.478 e. The molecule has 0 amide bonds. The molecule has 3 rings (SSSR count). The van der Waals surface area contributed by atoms with E-state index in [9.17, 15) is 9.18 Å². The predicted octanol–water partition coefficient (Wildman–Crippen LogP) is 3.40. The number of hydrogen-bond donors (Lipinski definition) is 2. The Balaban J connectivity index is 1.46. The Kier molecular flexibility index (Phi) is 5.96. The topological polar surface area (TPSA) is 65.5 Å². The lowest BCUT2D eigenvalue weighted by atomic mass is 10.0. The smallest absolute Gasteiger partial charge is 0.328 e. The van der Waals surface area contributed by atoms with Crippen LogP contribution in [0.5, 0.6) is 0 Å². The molecular weight excluding hydrogens is 333 g/mol. The van der Waals surface area contributed by atoms with Crippen LogP contribution in [0.3, 0.4) is 0 Å². The van der Waals surface area contributed by atoms with Crippen LogP contribution in [0.1, 0.15) is 24.0 Å². The maximum atomic E-state index is 13.0. The molecule has 0 bridgehead atoms. The van der Waals surface area contributed by atoms with Gasteiger partial charge in [-0.3, -0.25) is 4.90 Å². The summed E-state index contributed by atoms with van der Waals surface area (Å²) >= 11 is 0. The SMILES string of the molecule is O=C(O)/C=C/c1ccc(NC2CCN(Cc3ccc(F)cc3)CC2)nc1. The number of pyridine rings is 1. The second-order valence-electron chi connectivity index (χ2n) is 6.47. The number of carboxylic acid groups (broad SMARTS) is 1. The van der Waals surface area contributed by atoms with Gasteiger partial charge in [0, 0.05) is 37.9 Å². The van der Waals surface area contributed by atoms with Crippen LogP contribution >= 0.6 is 0 Å². The Hall–Kier alpha value is -2.73. The molecule has 0 atom stereocenters. The fraction of sp³-hybridized carbons (Fsp3) is 0.300. The summed E-state index contributed by atoms with van der Waals surface area (Å²) in [6, 6.07) is 10.8. The van der Waals surface area contributed by atoms with Gasteiger partial charge >= 0.3 is 5.97 Å². The molecule has 2 heterocycles. The Morgan fingerprint density at radius 2 is 1.96 bits per heavy atom. The summed E-state index contributed by atoms with van der Waals surface area (Å²) in [4.78, 5) is 17.2. The van der Waals surface area contributed by atoms with Gasteiger partial charge in [0.1, 0.15) is 11.6 Å². The number of likely N-dealkylation sites (tertiary alicyclic amines) is 1. The van der Waals surface area contributed by atoms with E-state index in [4.69, 9.17) is 5.11 Å². The van der Waals surface area contributed by atoms with Gasteiger partial charge in [0.2, 0.25) is 0 Å². The number of carbonyl (C=O) groups is 1. The van der Waals surface area contributed by atoms with Crippen molar-refractivity contribution in [3.63, 3.8) is 0 Å². The first-order valence-corrected chi connectivity index (χ1v) is 8.69. The van der Waals surface area contributed by atoms with E-state index < -0.39 is 5.97 Å². The maximum absolute atomic E-state index is 13.0. The summed E-state index contributed by atoms with van der Waals surface area (Å²) < 4.78 is 13.0. The van der Waals surface area contributed by atoms with Crippen LogP contribution in [0.2, 0.25) is 0 Å². The molecule has 0 unspecified atom stereocenters. The molecule has 0 saturated carbocycles. The summed E-state index contributed by atoms with van der Waals surface area (Å²) in [6.45, 7) is 2.80. The van der Waals surface area contributed by atoms with Gasteiger partial charge in [-0.2, -0.15) is 0 Å². The summed E-state index contributed by atoms with van der Waals surface area (Å²) in [5, 5.41) is 12.1. The van der Waals surface area contributed by atoms with Crippen molar-refractivity contribution in [1.29, 1.82) is 0 Å². The van der Waals surface area contributed by atoms with E-state index in [0.717, 1.165) is 55.5 Å². The first-order chi connectivity index (χ1) is 12.6. The van der Waals surface area contributed by atoms with Crippen molar-refractivity contribution < 1.29 is 14.3 Å². The van der Waals surface area contributed by atoms with Crippen molar-refractivity contribution in [1.82, 2.24) is 9.88 Å². The monoisotopic (exact) mass is 355 g/mol. The Labute approximate surface area is 152 Å². The second kappa shape index (κ2) is 8.58. The van der Waals surface area contributed by atoms with E-state index in [0.29, 0.717) is 6.04 Å². The second-order valence-corrected chi connectivity index (χ2v) is 6.47. The third-order valence-electron chi connectivity index (χ3n) is 4.46. The van der Waals surface area contributed by atoms with Gasteiger partial charge in [0.15, 0.2) is 0 Å². The van der Waals surface area contributed by atoms with Gasteiger partial charge in [-0.15, -0.1) is 0 Å². The lowest BCUT2D eigenvalue weighted by Gasteiger charge is -2.32. The molecule has 6 heteroatoms. The standard InChI is InChI=1S/C20H22FN3O2/c21-17-5-1-16(2-6-17)14-24-11-9-18(10-12-24)23-19-7-3-15(13-22-19)4-8-20(25)26/h1-8,13,18H,9-12,14H2,(H,22,23)(H,25,26)/b8-4+. The predicted molar refractivity (Wildman–Crippen MR) is 99.2 cm³/mol. The number of benzene rings is 1. The fourth-order valence-electron chi connectivity index (χ4n) is 3.05. The third kappa shape index (κ3) is 5.39. The molecule has 136 valence electrons. The average Bonchev–Trinajstić information content (AvgIpc) is 2.64. The number of hydrogen-bond acceptors (Lipinski definition) is 4. The average molecular weight is 355 g/mol. The molecule has 2 aromatic rings. The zero-order chi connectivity index (χ0) is 18.4. The fourth-order valence-corrected chi connectivity index (χ4v) is 3.05. The van der Waals surface area contributed by atoms with Crippen LogP contribution in [0.4, 0.5) is 10.2 Å². The summed E-state index contributed by atoms with van der Waals surface area (Å²) in [5.74, 6) is -0.373. The Bertz CT molecular complexity index is 752. The van der Waals surface area contributed by atoms with Crippen molar-refractivity contribution >= 4 is 17.9 Å². The van der Waals surface area contributed by atoms with E-state index in [-0.39, 0.29) is 5.82 Å². The van der Waals surface area contributed by atoms with Gasteiger partial charge in [-0.05, 0) is 54.3 Å². The molecule has 1 aromatic heterocycles. The minimum absolute atomic E-state index is 0.200. The van der Waals surface area contributed by atoms with Gasteiger partial charge in [-0.1, -0.05) is 12.1 Å². The van der Waals surface area contributed by atoms with Crippen LogP contribution in [0.25, 0.3) is 6.08 Å². The molecule has 1 aliphatic rings. The molecule has 0 aliphatic carbocycles. The molecule has 1 fully saturated rings. The van der Waals surface area contributed by atoms with Crippen LogP contribution in [-0.4, -0.2) is 40.1 Å². The number of piperidine rings is 1. The van der Waals surface area contributed by atoms with Crippen LogP contribution < -0.4 is 5.32 Å². The Morgan fingerprint density at radius 3 is 2.58 bits per heavy atom.